The molecule has 0 aromatic carbocycles. The quantitative estimate of drug-likeness (QED) is 0.642. The fraction of sp³-hybridized carbons (Fsp3) is 0.929. The number of Topliss-reactive ketones (excluding diaryl/α,β-unsaturated/α-hetero) is 1. The summed E-state index contributed by atoms with van der Waals surface area (Å²) in [4.78, 5) is 12.0. The average Bonchev–Trinajstić information content (AvgIpc) is 2.71. The summed E-state index contributed by atoms with van der Waals surface area (Å²) in [6.45, 7) is 6.25. The molecule has 0 aromatic rings. The van der Waals surface area contributed by atoms with E-state index in [1.807, 2.05) is 0 Å². The highest BCUT2D eigenvalue weighted by Gasteiger charge is 2.34. The summed E-state index contributed by atoms with van der Waals surface area (Å²) in [5.41, 5.74) is -0.0522. The summed E-state index contributed by atoms with van der Waals surface area (Å²) in [6.07, 6.45) is 9.43. The maximum Gasteiger partial charge on any atom is 0.140 e. The van der Waals surface area contributed by atoms with Gasteiger partial charge in [0.1, 0.15) is 5.78 Å². The van der Waals surface area contributed by atoms with Crippen molar-refractivity contribution in [3.8, 4) is 0 Å². The largest absolute Gasteiger partial charge is 0.316 e. The van der Waals surface area contributed by atoms with E-state index in [0.29, 0.717) is 5.78 Å². The number of unbranched alkanes of at least 4 members (excludes halogenated alkanes) is 5. The Bertz CT molecular complexity index is 207. The van der Waals surface area contributed by atoms with Crippen LogP contribution >= 0.6 is 0 Å². The van der Waals surface area contributed by atoms with Crippen molar-refractivity contribution in [1.29, 1.82) is 0 Å². The van der Waals surface area contributed by atoms with Crippen LogP contribution in [0.15, 0.2) is 0 Å². The van der Waals surface area contributed by atoms with Crippen molar-refractivity contribution >= 4 is 5.78 Å². The Morgan fingerprint density at radius 3 is 2.50 bits per heavy atom. The highest BCUT2D eigenvalue weighted by Crippen LogP contribution is 2.27. The van der Waals surface area contributed by atoms with Crippen molar-refractivity contribution in [2.24, 2.45) is 5.41 Å². The third-order valence-electron chi connectivity index (χ3n) is 3.80. The lowest BCUT2D eigenvalue weighted by Crippen LogP contribution is -2.29. The van der Waals surface area contributed by atoms with E-state index in [0.717, 1.165) is 32.4 Å². The minimum atomic E-state index is -0.0522. The van der Waals surface area contributed by atoms with Gasteiger partial charge in [-0.05, 0) is 19.4 Å². The van der Waals surface area contributed by atoms with Gasteiger partial charge in [-0.3, -0.25) is 4.79 Å². The molecule has 1 aliphatic heterocycles. The van der Waals surface area contributed by atoms with E-state index >= 15 is 0 Å². The van der Waals surface area contributed by atoms with Crippen LogP contribution in [0.5, 0.6) is 0 Å². The van der Waals surface area contributed by atoms with Crippen LogP contribution in [0, 0.1) is 5.41 Å². The van der Waals surface area contributed by atoms with E-state index in [9.17, 15) is 4.79 Å². The number of hydrogen-bond acceptors (Lipinski definition) is 2. The number of rotatable bonds is 8. The molecule has 1 heterocycles. The Morgan fingerprint density at radius 1 is 1.19 bits per heavy atom. The van der Waals surface area contributed by atoms with Gasteiger partial charge in [0, 0.05) is 18.4 Å². The minimum absolute atomic E-state index is 0.0522. The van der Waals surface area contributed by atoms with E-state index in [-0.39, 0.29) is 5.41 Å². The fourth-order valence-corrected chi connectivity index (χ4v) is 2.42. The van der Waals surface area contributed by atoms with E-state index < -0.39 is 0 Å². The molecule has 0 aliphatic carbocycles. The fourth-order valence-electron chi connectivity index (χ4n) is 2.42. The summed E-state index contributed by atoms with van der Waals surface area (Å²) in [5, 5.41) is 3.29. The first kappa shape index (κ1) is 13.7. The Hall–Kier alpha value is -0.370. The highest BCUT2D eigenvalue weighted by molar-refractivity contribution is 5.85. The standard InChI is InChI=1S/C14H27NO/c1-3-4-5-6-7-8-9-13(16)14(2)10-11-15-12-14/h15H,3-12H2,1-2H3. The third-order valence-corrected chi connectivity index (χ3v) is 3.80. The van der Waals surface area contributed by atoms with Gasteiger partial charge in [0.25, 0.3) is 0 Å². The van der Waals surface area contributed by atoms with E-state index in [4.69, 9.17) is 0 Å². The second-order valence-corrected chi connectivity index (χ2v) is 5.43. The molecule has 94 valence electrons. The van der Waals surface area contributed by atoms with Gasteiger partial charge < -0.3 is 5.32 Å². The molecule has 1 aliphatic rings. The van der Waals surface area contributed by atoms with Crippen LogP contribution in [0.4, 0.5) is 0 Å². The zero-order valence-corrected chi connectivity index (χ0v) is 11.0. The van der Waals surface area contributed by atoms with E-state index in [1.165, 1.54) is 32.1 Å². The SMILES string of the molecule is CCCCCCCCC(=O)C1(C)CCNC1. The van der Waals surface area contributed by atoms with Crippen molar-refractivity contribution < 1.29 is 4.79 Å². The normalized spacial score (nSPS) is 24.9. The first-order chi connectivity index (χ1) is 7.69. The Morgan fingerprint density at radius 2 is 1.88 bits per heavy atom. The van der Waals surface area contributed by atoms with Gasteiger partial charge >= 0.3 is 0 Å². The molecule has 0 saturated carbocycles. The second kappa shape index (κ2) is 7.05. The molecule has 1 atom stereocenters. The molecule has 2 heteroatoms. The number of nitrogens with one attached hydrogen (secondary N) is 1. The molecule has 1 saturated heterocycles. The van der Waals surface area contributed by atoms with Crippen molar-refractivity contribution in [1.82, 2.24) is 5.32 Å². The van der Waals surface area contributed by atoms with Gasteiger partial charge in [0.15, 0.2) is 0 Å². The maximum absolute atomic E-state index is 12.0. The lowest BCUT2D eigenvalue weighted by atomic mass is 9.82. The zero-order valence-electron chi connectivity index (χ0n) is 11.0. The van der Waals surface area contributed by atoms with Crippen LogP contribution in [0.25, 0.3) is 0 Å². The first-order valence-corrected chi connectivity index (χ1v) is 6.93. The zero-order chi connectivity index (χ0) is 11.9. The molecule has 0 radical (unpaired) electrons. The molecule has 1 fully saturated rings. The van der Waals surface area contributed by atoms with Gasteiger partial charge in [0.2, 0.25) is 0 Å². The molecule has 0 spiro atoms. The maximum atomic E-state index is 12.0. The topological polar surface area (TPSA) is 29.1 Å². The van der Waals surface area contributed by atoms with E-state index in [2.05, 4.69) is 19.2 Å². The van der Waals surface area contributed by atoms with Gasteiger partial charge in [-0.1, -0.05) is 46.0 Å². The Labute approximate surface area is 100 Å². The molecule has 0 aromatic heterocycles. The second-order valence-electron chi connectivity index (χ2n) is 5.43. The van der Waals surface area contributed by atoms with Crippen molar-refractivity contribution in [3.05, 3.63) is 0 Å². The number of carbonyl (C=O) groups is 1. The lowest BCUT2D eigenvalue weighted by molar-refractivity contribution is -0.127. The molecular weight excluding hydrogens is 198 g/mol. The number of hydrogen-bond donors (Lipinski definition) is 1. The van der Waals surface area contributed by atoms with Gasteiger partial charge in [-0.25, -0.2) is 0 Å². The lowest BCUT2D eigenvalue weighted by Gasteiger charge is -2.20. The predicted molar refractivity (Wildman–Crippen MR) is 68.6 cm³/mol. The van der Waals surface area contributed by atoms with Crippen LogP contribution in [0.2, 0.25) is 0 Å². The van der Waals surface area contributed by atoms with Crippen LogP contribution in [-0.2, 0) is 4.79 Å². The third kappa shape index (κ3) is 4.25. The molecule has 1 N–H and O–H groups in total. The van der Waals surface area contributed by atoms with Crippen molar-refractivity contribution in [2.75, 3.05) is 13.1 Å². The summed E-state index contributed by atoms with van der Waals surface area (Å²) >= 11 is 0. The highest BCUT2D eigenvalue weighted by atomic mass is 16.1. The minimum Gasteiger partial charge on any atom is -0.316 e. The summed E-state index contributed by atoms with van der Waals surface area (Å²) in [7, 11) is 0. The first-order valence-electron chi connectivity index (χ1n) is 6.93. The number of carbonyl (C=O) groups excluding carboxylic acids is 1. The Kier molecular flexibility index (Phi) is 6.04. The molecule has 2 nitrogen and oxygen atoms in total. The molecule has 16 heavy (non-hydrogen) atoms. The molecule has 0 amide bonds. The van der Waals surface area contributed by atoms with Crippen molar-refractivity contribution in [2.45, 2.75) is 65.2 Å². The summed E-state index contributed by atoms with van der Waals surface area (Å²) < 4.78 is 0. The molecule has 1 unspecified atom stereocenters. The predicted octanol–water partition coefficient (Wildman–Crippen LogP) is 3.31. The smallest absolute Gasteiger partial charge is 0.140 e. The molecule has 0 bridgehead atoms. The van der Waals surface area contributed by atoms with Gasteiger partial charge in [-0.15, -0.1) is 0 Å². The average molecular weight is 225 g/mol. The van der Waals surface area contributed by atoms with Gasteiger partial charge in [-0.2, -0.15) is 0 Å². The summed E-state index contributed by atoms with van der Waals surface area (Å²) in [5.74, 6) is 0.480. The van der Waals surface area contributed by atoms with E-state index in [1.54, 1.807) is 0 Å². The van der Waals surface area contributed by atoms with Crippen LogP contribution in [-0.4, -0.2) is 18.9 Å². The number of ketones is 1. The van der Waals surface area contributed by atoms with Gasteiger partial charge in [0.05, 0.1) is 0 Å². The summed E-state index contributed by atoms with van der Waals surface area (Å²) in [6, 6.07) is 0. The van der Waals surface area contributed by atoms with Crippen LogP contribution < -0.4 is 5.32 Å². The van der Waals surface area contributed by atoms with Crippen LogP contribution in [0.3, 0.4) is 0 Å². The molecule has 1 rings (SSSR count). The van der Waals surface area contributed by atoms with Crippen LogP contribution in [0.1, 0.15) is 65.2 Å². The Balaban J connectivity index is 2.06. The van der Waals surface area contributed by atoms with Crippen molar-refractivity contribution in [3.63, 3.8) is 0 Å². The molecular formula is C14H27NO. The monoisotopic (exact) mass is 225 g/mol.